The second-order valence-electron chi connectivity index (χ2n) is 4.26. The van der Waals surface area contributed by atoms with Crippen LogP contribution in [0.1, 0.15) is 17.4 Å². The molecule has 1 aromatic heterocycles. The number of nitrogens with zero attached hydrogens (tertiary/aromatic N) is 1. The molecule has 0 aliphatic carbocycles. The molecule has 0 spiro atoms. The van der Waals surface area contributed by atoms with Crippen molar-refractivity contribution in [3.63, 3.8) is 0 Å². The van der Waals surface area contributed by atoms with Gasteiger partial charge in [0, 0.05) is 11.1 Å². The maximum atomic E-state index is 9.45. The van der Waals surface area contributed by atoms with Gasteiger partial charge in [0.1, 0.15) is 17.6 Å². The molecule has 0 fully saturated rings. The number of aliphatic hydroxyl groups is 1. The third-order valence-electron chi connectivity index (χ3n) is 2.93. The van der Waals surface area contributed by atoms with E-state index >= 15 is 0 Å². The van der Waals surface area contributed by atoms with E-state index in [9.17, 15) is 5.11 Å². The number of hydrogen-bond acceptors (Lipinski definition) is 5. The molecular weight excluding hydrogens is 310 g/mol. The summed E-state index contributed by atoms with van der Waals surface area (Å²) in [5.74, 6) is 0. The molecule has 0 saturated heterocycles. The first-order valence-corrected chi connectivity index (χ1v) is 7.46. The largest absolute Gasteiger partial charge is 0.455 e. The van der Waals surface area contributed by atoms with E-state index in [1.54, 1.807) is 12.3 Å². The molecule has 6 heteroatoms. The summed E-state index contributed by atoms with van der Waals surface area (Å²) in [4.78, 5) is 5.15. The third-order valence-corrected chi connectivity index (χ3v) is 4.58. The molecule has 1 aliphatic heterocycles. The van der Waals surface area contributed by atoms with Gasteiger partial charge >= 0.3 is 0 Å². The third kappa shape index (κ3) is 3.00. The van der Waals surface area contributed by atoms with Crippen molar-refractivity contribution in [2.24, 2.45) is 0 Å². The number of halogens is 1. The molecule has 4 nitrogen and oxygen atoms in total. The predicted molar refractivity (Wildman–Crippen MR) is 79.8 cm³/mol. The summed E-state index contributed by atoms with van der Waals surface area (Å²) < 4.78 is 10.7. The maximum Gasteiger partial charge on any atom is 0.268 e. The van der Waals surface area contributed by atoms with Crippen molar-refractivity contribution >= 4 is 23.4 Å². The second-order valence-corrected chi connectivity index (χ2v) is 5.67. The van der Waals surface area contributed by atoms with Crippen LogP contribution in [0.15, 0.2) is 59.0 Å². The van der Waals surface area contributed by atoms with Crippen molar-refractivity contribution in [2.45, 2.75) is 22.8 Å². The molecule has 0 bridgehead atoms. The fourth-order valence-electron chi connectivity index (χ4n) is 1.94. The Morgan fingerprint density at radius 2 is 2.00 bits per heavy atom. The van der Waals surface area contributed by atoms with Crippen molar-refractivity contribution in [2.75, 3.05) is 0 Å². The molecule has 0 atom stereocenters. The summed E-state index contributed by atoms with van der Waals surface area (Å²) >= 11 is 7.62. The zero-order chi connectivity index (χ0) is 14.7. The minimum atomic E-state index is -0.499. The van der Waals surface area contributed by atoms with Crippen LogP contribution in [0.5, 0.6) is 0 Å². The molecule has 1 aromatic carbocycles. The number of pyridine rings is 1. The number of hydrogen-bond donors (Lipinski definition) is 1. The van der Waals surface area contributed by atoms with Crippen LogP contribution in [0.2, 0.25) is 5.02 Å². The number of aliphatic hydroxyl groups excluding tert-OH is 1. The van der Waals surface area contributed by atoms with Crippen molar-refractivity contribution in [1.29, 1.82) is 0 Å². The molecule has 21 heavy (non-hydrogen) atoms. The standard InChI is InChI=1S/C15H12ClNO3S/c16-12-5-1-3-10(9-18)13(12)21-14-11(4-2-6-17-14)15-19-7-8-20-15/h1-8,15,18H,9H2. The normalized spacial score (nSPS) is 14.0. The first kappa shape index (κ1) is 14.3. The molecule has 0 unspecified atom stereocenters. The van der Waals surface area contributed by atoms with Crippen LogP contribution in [0, 0.1) is 0 Å². The van der Waals surface area contributed by atoms with Crippen LogP contribution in [0.25, 0.3) is 0 Å². The van der Waals surface area contributed by atoms with Crippen LogP contribution in [0.3, 0.4) is 0 Å². The van der Waals surface area contributed by atoms with E-state index < -0.39 is 6.29 Å². The Hall–Kier alpha value is -1.69. The van der Waals surface area contributed by atoms with Gasteiger partial charge in [0.15, 0.2) is 0 Å². The highest BCUT2D eigenvalue weighted by Gasteiger charge is 2.21. The average Bonchev–Trinajstić information content (AvgIpc) is 3.04. The fraction of sp³-hybridized carbons (Fsp3) is 0.133. The van der Waals surface area contributed by atoms with Gasteiger partial charge < -0.3 is 14.6 Å². The van der Waals surface area contributed by atoms with E-state index in [2.05, 4.69) is 4.98 Å². The highest BCUT2D eigenvalue weighted by atomic mass is 35.5. The van der Waals surface area contributed by atoms with Gasteiger partial charge in [-0.2, -0.15) is 0 Å². The Morgan fingerprint density at radius 1 is 1.19 bits per heavy atom. The van der Waals surface area contributed by atoms with Crippen LogP contribution in [-0.2, 0) is 16.1 Å². The molecule has 1 N–H and O–H groups in total. The Labute approximate surface area is 131 Å². The van der Waals surface area contributed by atoms with Crippen molar-refractivity contribution in [1.82, 2.24) is 4.98 Å². The smallest absolute Gasteiger partial charge is 0.268 e. The molecular formula is C15H12ClNO3S. The number of aromatic nitrogens is 1. The van der Waals surface area contributed by atoms with Crippen LogP contribution in [-0.4, -0.2) is 10.1 Å². The van der Waals surface area contributed by atoms with E-state index in [-0.39, 0.29) is 6.61 Å². The zero-order valence-corrected chi connectivity index (χ0v) is 12.5. The summed E-state index contributed by atoms with van der Waals surface area (Å²) in [6, 6.07) is 9.15. The van der Waals surface area contributed by atoms with Gasteiger partial charge in [0.05, 0.1) is 17.2 Å². The summed E-state index contributed by atoms with van der Waals surface area (Å²) in [5.41, 5.74) is 1.58. The number of ether oxygens (including phenoxy) is 2. The topological polar surface area (TPSA) is 51.6 Å². The SMILES string of the molecule is OCc1cccc(Cl)c1Sc1ncccc1C1OC=CO1. The molecule has 0 saturated carbocycles. The van der Waals surface area contributed by atoms with Gasteiger partial charge in [-0.1, -0.05) is 35.5 Å². The quantitative estimate of drug-likeness (QED) is 0.925. The Bertz CT molecular complexity index is 670. The molecule has 108 valence electrons. The minimum Gasteiger partial charge on any atom is -0.455 e. The summed E-state index contributed by atoms with van der Waals surface area (Å²) in [7, 11) is 0. The van der Waals surface area contributed by atoms with E-state index in [0.717, 1.165) is 21.0 Å². The monoisotopic (exact) mass is 321 g/mol. The fourth-order valence-corrected chi connectivity index (χ4v) is 3.27. The number of benzene rings is 1. The highest BCUT2D eigenvalue weighted by molar-refractivity contribution is 7.99. The lowest BCUT2D eigenvalue weighted by Gasteiger charge is -2.15. The Balaban J connectivity index is 1.95. The van der Waals surface area contributed by atoms with Crippen molar-refractivity contribution in [3.8, 4) is 0 Å². The molecule has 0 radical (unpaired) electrons. The lowest BCUT2D eigenvalue weighted by atomic mass is 10.2. The molecule has 1 aliphatic rings. The van der Waals surface area contributed by atoms with Gasteiger partial charge in [0.2, 0.25) is 0 Å². The Morgan fingerprint density at radius 3 is 2.76 bits per heavy atom. The number of rotatable bonds is 4. The van der Waals surface area contributed by atoms with Gasteiger partial charge in [0.25, 0.3) is 6.29 Å². The molecule has 2 heterocycles. The van der Waals surface area contributed by atoms with E-state index in [4.69, 9.17) is 21.1 Å². The van der Waals surface area contributed by atoms with E-state index in [1.165, 1.54) is 24.3 Å². The van der Waals surface area contributed by atoms with Crippen LogP contribution < -0.4 is 0 Å². The van der Waals surface area contributed by atoms with E-state index in [0.29, 0.717) is 5.02 Å². The first-order valence-electron chi connectivity index (χ1n) is 6.26. The Kier molecular flexibility index (Phi) is 4.34. The highest BCUT2D eigenvalue weighted by Crippen LogP contribution is 2.39. The van der Waals surface area contributed by atoms with Crippen LogP contribution in [0.4, 0.5) is 0 Å². The summed E-state index contributed by atoms with van der Waals surface area (Å²) in [6.45, 7) is -0.0803. The van der Waals surface area contributed by atoms with Crippen molar-refractivity contribution in [3.05, 3.63) is 65.2 Å². The van der Waals surface area contributed by atoms with Crippen LogP contribution >= 0.6 is 23.4 Å². The van der Waals surface area contributed by atoms with Crippen molar-refractivity contribution < 1.29 is 14.6 Å². The van der Waals surface area contributed by atoms with E-state index in [1.807, 2.05) is 24.3 Å². The van der Waals surface area contributed by atoms with Gasteiger partial charge in [-0.25, -0.2) is 4.98 Å². The predicted octanol–water partition coefficient (Wildman–Crippen LogP) is 3.90. The zero-order valence-electron chi connectivity index (χ0n) is 10.9. The lowest BCUT2D eigenvalue weighted by Crippen LogP contribution is -2.01. The first-order chi connectivity index (χ1) is 10.3. The molecule has 3 rings (SSSR count). The summed E-state index contributed by atoms with van der Waals surface area (Å²) in [5, 5.41) is 10.8. The lowest BCUT2D eigenvalue weighted by molar-refractivity contribution is -0.0270. The van der Waals surface area contributed by atoms with Gasteiger partial charge in [-0.3, -0.25) is 0 Å². The average molecular weight is 322 g/mol. The summed E-state index contributed by atoms with van der Waals surface area (Å²) in [6.07, 6.45) is 4.20. The molecule has 0 amide bonds. The van der Waals surface area contributed by atoms with Gasteiger partial charge in [-0.05, 0) is 23.8 Å². The molecule has 2 aromatic rings. The minimum absolute atomic E-state index is 0.0803. The maximum absolute atomic E-state index is 9.45. The second kappa shape index (κ2) is 6.39. The van der Waals surface area contributed by atoms with Gasteiger partial charge in [-0.15, -0.1) is 0 Å².